The summed E-state index contributed by atoms with van der Waals surface area (Å²) in [6.45, 7) is 7.40. The number of amidine groups is 1. The Bertz CT molecular complexity index is 261. The summed E-state index contributed by atoms with van der Waals surface area (Å²) in [5.41, 5.74) is 5.81. The predicted molar refractivity (Wildman–Crippen MR) is 70.3 cm³/mol. The molecule has 4 N–H and O–H groups in total. The highest BCUT2D eigenvalue weighted by Gasteiger charge is 2.42. The molecule has 1 fully saturated rings. The van der Waals surface area contributed by atoms with Crippen LogP contribution >= 0.6 is 0 Å². The van der Waals surface area contributed by atoms with E-state index < -0.39 is 0 Å². The number of oxime groups is 1. The van der Waals surface area contributed by atoms with Gasteiger partial charge in [0.05, 0.1) is 0 Å². The van der Waals surface area contributed by atoms with E-state index >= 15 is 0 Å². The van der Waals surface area contributed by atoms with Crippen molar-refractivity contribution in [3.8, 4) is 0 Å². The number of hydrogen-bond donors (Lipinski definition) is 3. The van der Waals surface area contributed by atoms with Crippen molar-refractivity contribution in [3.05, 3.63) is 0 Å². The monoisotopic (exact) mass is 242 g/mol. The van der Waals surface area contributed by atoms with Crippen LogP contribution in [0.3, 0.4) is 0 Å². The Hall–Kier alpha value is -0.810. The molecule has 0 aromatic rings. The molecule has 0 unspecified atom stereocenters. The largest absolute Gasteiger partial charge is 0.409 e. The summed E-state index contributed by atoms with van der Waals surface area (Å²) in [4.78, 5) is 2.32. The third-order valence-corrected chi connectivity index (χ3v) is 3.66. The fraction of sp³-hybridized carbons (Fsp3) is 0.917. The maximum atomic E-state index is 8.57. The lowest BCUT2D eigenvalue weighted by molar-refractivity contribution is 0.270. The minimum Gasteiger partial charge on any atom is -0.409 e. The number of rotatable bonds is 8. The fourth-order valence-corrected chi connectivity index (χ4v) is 1.88. The van der Waals surface area contributed by atoms with Gasteiger partial charge in [-0.1, -0.05) is 5.16 Å². The van der Waals surface area contributed by atoms with Crippen molar-refractivity contribution in [1.29, 1.82) is 0 Å². The maximum absolute atomic E-state index is 8.57. The molecule has 100 valence electrons. The molecular formula is C12H26N4O. The Morgan fingerprint density at radius 1 is 1.53 bits per heavy atom. The van der Waals surface area contributed by atoms with E-state index in [4.69, 9.17) is 10.9 Å². The molecule has 0 amide bonds. The van der Waals surface area contributed by atoms with Crippen LogP contribution in [0.15, 0.2) is 5.16 Å². The van der Waals surface area contributed by atoms with Crippen LogP contribution in [0.25, 0.3) is 0 Å². The molecule has 1 aliphatic carbocycles. The highest BCUT2D eigenvalue weighted by Crippen LogP contribution is 2.48. The normalized spacial score (nSPS) is 19.0. The summed E-state index contributed by atoms with van der Waals surface area (Å²) in [6, 6.07) is 0.587. The molecule has 0 saturated heterocycles. The second kappa shape index (κ2) is 6.21. The standard InChI is InChI=1S/C12H26N4O/c1-10(2)16(3)7-6-14-9-12(4-5-12)8-11(13)15-17/h10,14,17H,4-9H2,1-3H3,(H2,13,15). The summed E-state index contributed by atoms with van der Waals surface area (Å²) < 4.78 is 0. The molecule has 0 heterocycles. The minimum absolute atomic E-state index is 0.257. The third kappa shape index (κ3) is 4.91. The Morgan fingerprint density at radius 3 is 2.65 bits per heavy atom. The first-order valence-corrected chi connectivity index (χ1v) is 6.36. The molecule has 1 saturated carbocycles. The van der Waals surface area contributed by atoms with Gasteiger partial charge in [-0.15, -0.1) is 0 Å². The van der Waals surface area contributed by atoms with E-state index in [1.807, 2.05) is 0 Å². The van der Waals surface area contributed by atoms with Gasteiger partial charge in [-0.2, -0.15) is 0 Å². The molecule has 0 radical (unpaired) electrons. The molecule has 5 nitrogen and oxygen atoms in total. The lowest BCUT2D eigenvalue weighted by Crippen LogP contribution is -2.36. The van der Waals surface area contributed by atoms with E-state index in [-0.39, 0.29) is 5.41 Å². The number of likely N-dealkylation sites (N-methyl/N-ethyl adjacent to an activating group) is 1. The predicted octanol–water partition coefficient (Wildman–Crippen LogP) is 0.833. The SMILES string of the molecule is CC(C)N(C)CCNCC1(CC(N)=NO)CC1. The Morgan fingerprint density at radius 2 is 2.18 bits per heavy atom. The molecule has 0 aromatic heterocycles. The molecule has 1 rings (SSSR count). The van der Waals surface area contributed by atoms with Crippen LogP contribution in [0, 0.1) is 5.41 Å². The van der Waals surface area contributed by atoms with Gasteiger partial charge in [0.2, 0.25) is 0 Å². The van der Waals surface area contributed by atoms with Crippen LogP contribution in [0.2, 0.25) is 0 Å². The van der Waals surface area contributed by atoms with E-state index in [1.54, 1.807) is 0 Å². The Balaban J connectivity index is 2.14. The second-order valence-corrected chi connectivity index (χ2v) is 5.52. The molecule has 1 aliphatic rings. The maximum Gasteiger partial charge on any atom is 0.139 e. The van der Waals surface area contributed by atoms with E-state index in [0.29, 0.717) is 18.3 Å². The topological polar surface area (TPSA) is 73.9 Å². The summed E-state index contributed by atoms with van der Waals surface area (Å²) in [7, 11) is 2.13. The van der Waals surface area contributed by atoms with Gasteiger partial charge in [-0.3, -0.25) is 0 Å². The van der Waals surface area contributed by atoms with Crippen molar-refractivity contribution < 1.29 is 5.21 Å². The molecule has 0 aromatic carbocycles. The number of hydrogen-bond acceptors (Lipinski definition) is 4. The van der Waals surface area contributed by atoms with E-state index in [0.717, 1.165) is 19.6 Å². The second-order valence-electron chi connectivity index (χ2n) is 5.52. The molecule has 17 heavy (non-hydrogen) atoms. The summed E-state index contributed by atoms with van der Waals surface area (Å²) in [6.07, 6.45) is 3.06. The van der Waals surface area contributed by atoms with E-state index in [9.17, 15) is 0 Å². The Kier molecular flexibility index (Phi) is 5.21. The van der Waals surface area contributed by atoms with Crippen molar-refractivity contribution >= 4 is 5.84 Å². The molecule has 0 spiro atoms. The molecule has 5 heteroatoms. The summed E-state index contributed by atoms with van der Waals surface area (Å²) in [5.74, 6) is 0.351. The van der Waals surface area contributed by atoms with Gasteiger partial charge in [-0.05, 0) is 39.2 Å². The van der Waals surface area contributed by atoms with E-state index in [1.165, 1.54) is 12.8 Å². The lowest BCUT2D eigenvalue weighted by atomic mass is 10.0. The van der Waals surface area contributed by atoms with Crippen LogP contribution in [0.4, 0.5) is 0 Å². The smallest absolute Gasteiger partial charge is 0.139 e. The van der Waals surface area contributed by atoms with Crippen molar-refractivity contribution in [2.75, 3.05) is 26.7 Å². The molecule has 0 aliphatic heterocycles. The summed E-state index contributed by atoms with van der Waals surface area (Å²) in [5, 5.41) is 15.1. The molecule has 0 bridgehead atoms. The van der Waals surface area contributed by atoms with Gasteiger partial charge in [0.25, 0.3) is 0 Å². The van der Waals surface area contributed by atoms with Crippen LogP contribution in [0.5, 0.6) is 0 Å². The summed E-state index contributed by atoms with van der Waals surface area (Å²) >= 11 is 0. The first kappa shape index (κ1) is 14.3. The first-order chi connectivity index (χ1) is 7.99. The fourth-order valence-electron chi connectivity index (χ4n) is 1.88. The first-order valence-electron chi connectivity index (χ1n) is 6.36. The number of nitrogens with one attached hydrogen (secondary N) is 1. The van der Waals surface area contributed by atoms with Crippen LogP contribution in [-0.2, 0) is 0 Å². The van der Waals surface area contributed by atoms with Gasteiger partial charge >= 0.3 is 0 Å². The van der Waals surface area contributed by atoms with Crippen molar-refractivity contribution in [2.24, 2.45) is 16.3 Å². The highest BCUT2D eigenvalue weighted by atomic mass is 16.4. The van der Waals surface area contributed by atoms with Crippen LogP contribution < -0.4 is 11.1 Å². The van der Waals surface area contributed by atoms with Gasteiger partial charge in [0.15, 0.2) is 0 Å². The van der Waals surface area contributed by atoms with Gasteiger partial charge in [0.1, 0.15) is 5.84 Å². The quantitative estimate of drug-likeness (QED) is 0.194. The zero-order chi connectivity index (χ0) is 12.9. The zero-order valence-corrected chi connectivity index (χ0v) is 11.2. The highest BCUT2D eigenvalue weighted by molar-refractivity contribution is 5.80. The number of nitrogens with two attached hydrogens (primary N) is 1. The van der Waals surface area contributed by atoms with Gasteiger partial charge < -0.3 is 21.2 Å². The average molecular weight is 242 g/mol. The van der Waals surface area contributed by atoms with Crippen LogP contribution in [-0.4, -0.2) is 48.7 Å². The average Bonchev–Trinajstić information content (AvgIpc) is 3.04. The number of nitrogens with zero attached hydrogens (tertiary/aromatic N) is 2. The van der Waals surface area contributed by atoms with Crippen molar-refractivity contribution in [1.82, 2.24) is 10.2 Å². The molecule has 0 atom stereocenters. The van der Waals surface area contributed by atoms with Crippen molar-refractivity contribution in [3.63, 3.8) is 0 Å². The van der Waals surface area contributed by atoms with Crippen LogP contribution in [0.1, 0.15) is 33.1 Å². The third-order valence-electron chi connectivity index (χ3n) is 3.66. The Labute approximate surface area is 104 Å². The lowest BCUT2D eigenvalue weighted by Gasteiger charge is -2.22. The minimum atomic E-state index is 0.257. The van der Waals surface area contributed by atoms with Gasteiger partial charge in [0, 0.05) is 32.1 Å². The van der Waals surface area contributed by atoms with Gasteiger partial charge in [-0.25, -0.2) is 0 Å². The zero-order valence-electron chi connectivity index (χ0n) is 11.2. The molecular weight excluding hydrogens is 216 g/mol. The van der Waals surface area contributed by atoms with E-state index in [2.05, 4.69) is 36.3 Å². The van der Waals surface area contributed by atoms with Crippen molar-refractivity contribution in [2.45, 2.75) is 39.2 Å².